The van der Waals surface area contributed by atoms with Crippen LogP contribution in [0.4, 0.5) is 13.2 Å². The van der Waals surface area contributed by atoms with E-state index in [1.165, 1.54) is 13.0 Å². The molecule has 0 amide bonds. The molecule has 0 saturated heterocycles. The first kappa shape index (κ1) is 9.54. The quantitative estimate of drug-likeness (QED) is 0.732. The van der Waals surface area contributed by atoms with Gasteiger partial charge in [-0.15, -0.1) is 11.3 Å². The summed E-state index contributed by atoms with van der Waals surface area (Å²) in [5, 5.41) is 8.95. The summed E-state index contributed by atoms with van der Waals surface area (Å²) in [6, 6.07) is 2.27. The fourth-order valence-corrected chi connectivity index (χ4v) is 1.54. The van der Waals surface area contributed by atoms with E-state index in [1.54, 1.807) is 0 Å². The van der Waals surface area contributed by atoms with Crippen LogP contribution in [0.3, 0.4) is 0 Å². The molecule has 0 aliphatic rings. The third kappa shape index (κ3) is 1.98. The number of rotatable bonds is 1. The average molecular weight is 196 g/mol. The molecule has 1 aromatic heterocycles. The van der Waals surface area contributed by atoms with Gasteiger partial charge in [0.25, 0.3) is 0 Å². The van der Waals surface area contributed by atoms with Crippen molar-refractivity contribution in [2.75, 3.05) is 0 Å². The van der Waals surface area contributed by atoms with Crippen molar-refractivity contribution in [2.45, 2.75) is 19.2 Å². The number of hydrogen-bond donors (Lipinski definition) is 1. The second-order valence-electron chi connectivity index (χ2n) is 2.38. The van der Waals surface area contributed by atoms with E-state index in [-0.39, 0.29) is 0 Å². The molecule has 0 saturated carbocycles. The van der Waals surface area contributed by atoms with Gasteiger partial charge >= 0.3 is 6.18 Å². The molecule has 0 aliphatic heterocycles. The Labute approximate surface area is 71.5 Å². The maximum atomic E-state index is 12.0. The van der Waals surface area contributed by atoms with E-state index in [2.05, 4.69) is 0 Å². The highest BCUT2D eigenvalue weighted by atomic mass is 32.1. The first-order valence-corrected chi connectivity index (χ1v) is 4.08. The van der Waals surface area contributed by atoms with Gasteiger partial charge in [-0.1, -0.05) is 0 Å². The molecular formula is C7H7F3OS. The standard InChI is InChI=1S/C7H7F3OS/c1-4(11)5-2-3-6(12-5)7(8,9)10/h2-4,11H,1H3. The molecule has 0 fully saturated rings. The summed E-state index contributed by atoms with van der Waals surface area (Å²) in [5.41, 5.74) is 0. The lowest BCUT2D eigenvalue weighted by Crippen LogP contribution is -2.00. The van der Waals surface area contributed by atoms with Gasteiger partial charge in [0.1, 0.15) is 4.88 Å². The van der Waals surface area contributed by atoms with Crippen LogP contribution in [-0.2, 0) is 6.18 Å². The van der Waals surface area contributed by atoms with Crippen LogP contribution in [0.1, 0.15) is 22.8 Å². The Hall–Kier alpha value is -0.550. The van der Waals surface area contributed by atoms with Gasteiger partial charge in [-0.2, -0.15) is 13.2 Å². The maximum Gasteiger partial charge on any atom is 0.425 e. The normalized spacial score (nSPS) is 14.8. The molecule has 1 aromatic rings. The summed E-state index contributed by atoms with van der Waals surface area (Å²) in [7, 11) is 0. The first-order chi connectivity index (χ1) is 5.41. The molecule has 1 rings (SSSR count). The zero-order valence-corrected chi connectivity index (χ0v) is 7.04. The van der Waals surface area contributed by atoms with Crippen LogP contribution in [-0.4, -0.2) is 5.11 Å². The molecule has 68 valence electrons. The summed E-state index contributed by atoms with van der Waals surface area (Å²) in [4.78, 5) is -0.333. The van der Waals surface area contributed by atoms with Crippen molar-refractivity contribution in [2.24, 2.45) is 0 Å². The Kier molecular flexibility index (Phi) is 2.44. The third-order valence-corrected chi connectivity index (χ3v) is 2.62. The molecule has 0 spiro atoms. The average Bonchev–Trinajstić information content (AvgIpc) is 2.30. The Morgan fingerprint density at radius 3 is 2.25 bits per heavy atom. The maximum absolute atomic E-state index is 12.0. The van der Waals surface area contributed by atoms with Crippen molar-refractivity contribution in [3.05, 3.63) is 21.9 Å². The lowest BCUT2D eigenvalue weighted by Gasteiger charge is -2.01. The minimum Gasteiger partial charge on any atom is -0.388 e. The summed E-state index contributed by atoms with van der Waals surface area (Å²) in [6.07, 6.45) is -5.12. The highest BCUT2D eigenvalue weighted by Gasteiger charge is 2.32. The smallest absolute Gasteiger partial charge is 0.388 e. The fourth-order valence-electron chi connectivity index (χ4n) is 0.730. The highest BCUT2D eigenvalue weighted by molar-refractivity contribution is 7.12. The molecule has 0 aliphatic carbocycles. The van der Waals surface area contributed by atoms with Crippen molar-refractivity contribution in [3.63, 3.8) is 0 Å². The van der Waals surface area contributed by atoms with Gasteiger partial charge in [0, 0.05) is 4.88 Å². The molecule has 0 radical (unpaired) electrons. The fraction of sp³-hybridized carbons (Fsp3) is 0.429. The molecule has 0 bridgehead atoms. The SMILES string of the molecule is CC(O)c1ccc(C(F)(F)F)s1. The molecule has 1 unspecified atom stereocenters. The molecular weight excluding hydrogens is 189 g/mol. The Morgan fingerprint density at radius 1 is 1.42 bits per heavy atom. The summed E-state index contributed by atoms with van der Waals surface area (Å²) >= 11 is 0.573. The second-order valence-corrected chi connectivity index (χ2v) is 3.49. The number of hydrogen-bond acceptors (Lipinski definition) is 2. The lowest BCUT2D eigenvalue weighted by molar-refractivity contribution is -0.134. The largest absolute Gasteiger partial charge is 0.425 e. The van der Waals surface area contributed by atoms with Gasteiger partial charge in [0.2, 0.25) is 0 Å². The number of halogens is 3. The molecule has 12 heavy (non-hydrogen) atoms. The van der Waals surface area contributed by atoms with Gasteiger partial charge in [-0.25, -0.2) is 0 Å². The Bertz CT molecular complexity index is 264. The van der Waals surface area contributed by atoms with Crippen molar-refractivity contribution < 1.29 is 18.3 Å². The minimum absolute atomic E-state index is 0.335. The van der Waals surface area contributed by atoms with E-state index in [1.807, 2.05) is 0 Å². The van der Waals surface area contributed by atoms with Crippen LogP contribution in [0.2, 0.25) is 0 Å². The summed E-state index contributed by atoms with van der Waals surface area (Å²) in [6.45, 7) is 1.44. The molecule has 5 heteroatoms. The monoisotopic (exact) mass is 196 g/mol. The van der Waals surface area contributed by atoms with Gasteiger partial charge < -0.3 is 5.11 Å². The number of aliphatic hydroxyl groups is 1. The number of alkyl halides is 3. The zero-order valence-electron chi connectivity index (χ0n) is 6.22. The van der Waals surface area contributed by atoms with Crippen LogP contribution in [0.15, 0.2) is 12.1 Å². The minimum atomic E-state index is -4.29. The third-order valence-electron chi connectivity index (χ3n) is 1.32. The highest BCUT2D eigenvalue weighted by Crippen LogP contribution is 2.36. The van der Waals surface area contributed by atoms with E-state index in [0.29, 0.717) is 16.2 Å². The van der Waals surface area contributed by atoms with Crippen LogP contribution < -0.4 is 0 Å². The predicted molar refractivity (Wildman–Crippen MR) is 40.0 cm³/mol. The molecule has 1 heterocycles. The number of aliphatic hydroxyl groups excluding tert-OH is 1. The van der Waals surface area contributed by atoms with E-state index < -0.39 is 17.2 Å². The summed E-state index contributed by atoms with van der Waals surface area (Å²) in [5.74, 6) is 0. The van der Waals surface area contributed by atoms with Crippen molar-refractivity contribution >= 4 is 11.3 Å². The van der Waals surface area contributed by atoms with Crippen molar-refractivity contribution in [3.8, 4) is 0 Å². The van der Waals surface area contributed by atoms with Crippen molar-refractivity contribution in [1.29, 1.82) is 0 Å². The molecule has 1 atom stereocenters. The van der Waals surface area contributed by atoms with Gasteiger partial charge in [0.15, 0.2) is 0 Å². The van der Waals surface area contributed by atoms with Crippen molar-refractivity contribution in [1.82, 2.24) is 0 Å². The molecule has 0 aromatic carbocycles. The van der Waals surface area contributed by atoms with E-state index >= 15 is 0 Å². The second kappa shape index (κ2) is 3.06. The van der Waals surface area contributed by atoms with Gasteiger partial charge in [-0.05, 0) is 19.1 Å². The van der Waals surface area contributed by atoms with Gasteiger partial charge in [0.05, 0.1) is 6.10 Å². The van der Waals surface area contributed by atoms with E-state index in [9.17, 15) is 13.2 Å². The van der Waals surface area contributed by atoms with Crippen LogP contribution in [0.25, 0.3) is 0 Å². The van der Waals surface area contributed by atoms with Crippen LogP contribution in [0.5, 0.6) is 0 Å². The zero-order chi connectivity index (χ0) is 9.35. The predicted octanol–water partition coefficient (Wildman–Crippen LogP) is 2.82. The Balaban J connectivity index is 2.92. The lowest BCUT2D eigenvalue weighted by atomic mass is 10.3. The first-order valence-electron chi connectivity index (χ1n) is 3.26. The molecule has 1 N–H and O–H groups in total. The van der Waals surface area contributed by atoms with E-state index in [0.717, 1.165) is 6.07 Å². The van der Waals surface area contributed by atoms with Gasteiger partial charge in [-0.3, -0.25) is 0 Å². The van der Waals surface area contributed by atoms with Crippen LogP contribution >= 0.6 is 11.3 Å². The van der Waals surface area contributed by atoms with Crippen LogP contribution in [0, 0.1) is 0 Å². The molecule has 1 nitrogen and oxygen atoms in total. The Morgan fingerprint density at radius 2 is 2.00 bits per heavy atom. The topological polar surface area (TPSA) is 20.2 Å². The summed E-state index contributed by atoms with van der Waals surface area (Å²) < 4.78 is 36.0. The van der Waals surface area contributed by atoms with E-state index in [4.69, 9.17) is 5.11 Å². The number of thiophene rings is 1.